The van der Waals surface area contributed by atoms with Crippen molar-refractivity contribution in [3.63, 3.8) is 0 Å². The molecule has 88 heavy (non-hydrogen) atoms. The average Bonchev–Trinajstić information content (AvgIpc) is 1.91. The highest BCUT2D eigenvalue weighted by Crippen LogP contribution is 2.41. The molecule has 4 heterocycles. The third kappa shape index (κ3) is 14.3. The maximum atomic E-state index is 2.50. The Kier molecular flexibility index (Phi) is 26.0. The summed E-state index contributed by atoms with van der Waals surface area (Å²) in [5.74, 6) is 0. The summed E-state index contributed by atoms with van der Waals surface area (Å²) < 4.78 is 0. The highest BCUT2D eigenvalue weighted by Gasteiger charge is 2.24. The Balaban J connectivity index is 0.000000207. The molecule has 472 valence electrons. The van der Waals surface area contributed by atoms with Crippen LogP contribution in [0, 0.1) is 0 Å². The molecule has 0 unspecified atom stereocenters. The van der Waals surface area contributed by atoms with Crippen molar-refractivity contribution >= 4 is 22.7 Å². The van der Waals surface area contributed by atoms with E-state index < -0.39 is 0 Å². The summed E-state index contributed by atoms with van der Waals surface area (Å²) in [7, 11) is 0. The van der Waals surface area contributed by atoms with Crippen molar-refractivity contribution in [1.82, 2.24) is 0 Å². The molecule has 0 fully saturated rings. The van der Waals surface area contributed by atoms with Crippen LogP contribution in [-0.2, 0) is 77.0 Å². The number of likely N-dealkylation sites (N-methyl/N-ethyl adjacent to an activating group) is 4. The van der Waals surface area contributed by atoms with Gasteiger partial charge in [0.1, 0.15) is 0 Å². The molecular weight excluding hydrogens is 1060 g/mol. The van der Waals surface area contributed by atoms with Crippen LogP contribution < -0.4 is 19.6 Å². The molecule has 4 nitrogen and oxygen atoms in total. The first-order valence-corrected chi connectivity index (χ1v) is 31.4. The number of aryl methyl sites for hydroxylation is 6. The Morgan fingerprint density at radius 3 is 0.830 bits per heavy atom. The van der Waals surface area contributed by atoms with Crippen molar-refractivity contribution < 1.29 is 0 Å². The van der Waals surface area contributed by atoms with Crippen molar-refractivity contribution in [1.29, 1.82) is 0 Å². The Bertz CT molecular complexity index is 3330. The summed E-state index contributed by atoms with van der Waals surface area (Å²) in [5.41, 5.74) is 35.7. The molecule has 8 aromatic carbocycles. The summed E-state index contributed by atoms with van der Waals surface area (Å²) >= 11 is 0. The topological polar surface area (TPSA) is 13.0 Å². The second-order valence-electron chi connectivity index (χ2n) is 24.0. The fourth-order valence-corrected chi connectivity index (χ4v) is 15.1. The van der Waals surface area contributed by atoms with E-state index in [1.807, 2.05) is 0 Å². The number of hydrogen-bond acceptors (Lipinski definition) is 4. The smallest absolute Gasteiger partial charge is 0.0405 e. The van der Waals surface area contributed by atoms with Crippen LogP contribution in [0.1, 0.15) is 180 Å². The van der Waals surface area contributed by atoms with E-state index in [2.05, 4.69) is 193 Å². The zero-order chi connectivity index (χ0) is 54.1. The lowest BCUT2D eigenvalue weighted by Gasteiger charge is -2.18. The van der Waals surface area contributed by atoms with Gasteiger partial charge in [-0.05, 0) is 266 Å². The SMILES string of the molecule is C.C.C.C.C.C.C.C.CCN1CCc2ccc(-c3ccc4c(c3)CCC4)cc21.CCN1CCc2ccc(-c3ccc4c(c3)CCC4)cc21.CCN1CCc2ccc(-c3cccc4c3CCC4)cc21.CCN1CCc2ccc(-c3cccc4c3CCC4)cc21. The van der Waals surface area contributed by atoms with Crippen LogP contribution in [0.5, 0.6) is 0 Å². The van der Waals surface area contributed by atoms with Crippen LogP contribution in [-0.4, -0.2) is 52.4 Å². The molecule has 8 aromatic rings. The molecule has 0 saturated heterocycles. The first-order valence-electron chi connectivity index (χ1n) is 31.4. The van der Waals surface area contributed by atoms with Crippen molar-refractivity contribution in [2.75, 3.05) is 72.0 Å². The minimum absolute atomic E-state index is 0. The Morgan fingerprint density at radius 2 is 0.500 bits per heavy atom. The maximum absolute atomic E-state index is 2.50. The molecule has 0 spiro atoms. The second kappa shape index (κ2) is 31.9. The maximum Gasteiger partial charge on any atom is 0.0405 e. The molecule has 0 atom stereocenters. The van der Waals surface area contributed by atoms with E-state index in [-0.39, 0.29) is 59.4 Å². The average molecular weight is 1180 g/mol. The molecule has 8 aliphatic rings. The minimum Gasteiger partial charge on any atom is -0.371 e. The van der Waals surface area contributed by atoms with Gasteiger partial charge in [0.15, 0.2) is 0 Å². The van der Waals surface area contributed by atoms with Crippen molar-refractivity contribution in [2.45, 2.75) is 190 Å². The van der Waals surface area contributed by atoms with Crippen LogP contribution in [0.3, 0.4) is 0 Å². The number of fused-ring (bicyclic) bond motifs is 8. The number of rotatable bonds is 8. The van der Waals surface area contributed by atoms with Crippen LogP contribution in [0.25, 0.3) is 44.5 Å². The Morgan fingerprint density at radius 1 is 0.239 bits per heavy atom. The molecule has 4 heteroatoms. The number of hydrogen-bond donors (Lipinski definition) is 0. The van der Waals surface area contributed by atoms with E-state index in [4.69, 9.17) is 0 Å². The Hall–Kier alpha value is -7.04. The van der Waals surface area contributed by atoms with Crippen molar-refractivity contribution in [2.24, 2.45) is 0 Å². The predicted octanol–water partition coefficient (Wildman–Crippen LogP) is 22.0. The second-order valence-corrected chi connectivity index (χ2v) is 24.0. The fraction of sp³-hybridized carbons (Fsp3) is 0.429. The fourth-order valence-electron chi connectivity index (χ4n) is 15.1. The van der Waals surface area contributed by atoms with Gasteiger partial charge in [-0.25, -0.2) is 0 Å². The van der Waals surface area contributed by atoms with Gasteiger partial charge in [-0.2, -0.15) is 0 Å². The summed E-state index contributed by atoms with van der Waals surface area (Å²) in [6.45, 7) is 18.2. The minimum atomic E-state index is 0. The van der Waals surface area contributed by atoms with E-state index in [1.165, 1.54) is 218 Å². The largest absolute Gasteiger partial charge is 0.371 e. The first kappa shape index (κ1) is 71.7. The molecule has 0 N–H and O–H groups in total. The lowest BCUT2D eigenvalue weighted by atomic mass is 9.95. The third-order valence-electron chi connectivity index (χ3n) is 19.6. The number of benzene rings is 8. The monoisotopic (exact) mass is 1180 g/mol. The zero-order valence-electron chi connectivity index (χ0n) is 48.6. The highest BCUT2D eigenvalue weighted by atomic mass is 15.2. The van der Waals surface area contributed by atoms with Crippen molar-refractivity contribution in [3.8, 4) is 44.5 Å². The van der Waals surface area contributed by atoms with Gasteiger partial charge in [0, 0.05) is 75.1 Å². The zero-order valence-corrected chi connectivity index (χ0v) is 48.6. The van der Waals surface area contributed by atoms with Crippen LogP contribution >= 0.6 is 0 Å². The molecule has 16 rings (SSSR count). The van der Waals surface area contributed by atoms with Gasteiger partial charge < -0.3 is 19.6 Å². The van der Waals surface area contributed by atoms with Gasteiger partial charge in [-0.15, -0.1) is 0 Å². The van der Waals surface area contributed by atoms with Crippen LogP contribution in [0.15, 0.2) is 146 Å². The summed E-state index contributed by atoms with van der Waals surface area (Å²) in [5, 5.41) is 0. The van der Waals surface area contributed by atoms with E-state index in [0.29, 0.717) is 0 Å². The van der Waals surface area contributed by atoms with Gasteiger partial charge in [0.2, 0.25) is 0 Å². The van der Waals surface area contributed by atoms with Gasteiger partial charge in [-0.3, -0.25) is 0 Å². The first-order chi connectivity index (χ1) is 39.4. The van der Waals surface area contributed by atoms with Gasteiger partial charge in [0.25, 0.3) is 0 Å². The van der Waals surface area contributed by atoms with E-state index in [1.54, 1.807) is 44.5 Å². The van der Waals surface area contributed by atoms with E-state index >= 15 is 0 Å². The molecule has 0 aromatic heterocycles. The lowest BCUT2D eigenvalue weighted by molar-refractivity contribution is 0.868. The lowest BCUT2D eigenvalue weighted by Crippen LogP contribution is -2.19. The number of anilines is 4. The van der Waals surface area contributed by atoms with Crippen LogP contribution in [0.4, 0.5) is 22.7 Å². The quantitative estimate of drug-likeness (QED) is 0.150. The van der Waals surface area contributed by atoms with Crippen molar-refractivity contribution in [3.05, 3.63) is 212 Å². The normalized spacial score (nSPS) is 14.9. The van der Waals surface area contributed by atoms with E-state index in [0.717, 1.165) is 26.2 Å². The predicted molar refractivity (Wildman–Crippen MR) is 396 cm³/mol. The molecule has 0 amide bonds. The van der Waals surface area contributed by atoms with E-state index in [9.17, 15) is 0 Å². The molecule has 4 aliphatic heterocycles. The Labute approximate surface area is 538 Å². The number of nitrogens with zero attached hydrogens (tertiary/aromatic N) is 4. The highest BCUT2D eigenvalue weighted by molar-refractivity contribution is 5.78. The standard InChI is InChI=1S/4C19H21N.8CH4/c2*1-2-20-12-11-15-9-10-16(13-19(15)20)18-8-4-6-14-5-3-7-17(14)18;2*1-2-20-11-10-15-7-9-18(13-19(15)20)17-8-6-14-4-3-5-16(14)12-17;;;;;;;;/h2*4,6,8-10,13H,2-3,5,7,11-12H2,1H3;2*6-9,12-13H,2-5,10-11H2,1H3;8*1H4. The summed E-state index contributed by atoms with van der Waals surface area (Å²) in [6, 6.07) is 56.0. The van der Waals surface area contributed by atoms with Gasteiger partial charge in [-0.1, -0.05) is 181 Å². The summed E-state index contributed by atoms with van der Waals surface area (Å²) in [4.78, 5) is 9.99. The summed E-state index contributed by atoms with van der Waals surface area (Å²) in [6.07, 6.45) is 20.2. The third-order valence-corrected chi connectivity index (χ3v) is 19.6. The van der Waals surface area contributed by atoms with Gasteiger partial charge >= 0.3 is 0 Å². The van der Waals surface area contributed by atoms with Gasteiger partial charge in [0.05, 0.1) is 0 Å². The molecule has 0 radical (unpaired) electrons. The van der Waals surface area contributed by atoms with Crippen LogP contribution in [0.2, 0.25) is 0 Å². The molecule has 0 saturated carbocycles. The molecular formula is C84H116N4. The molecule has 0 bridgehead atoms. The molecule has 4 aliphatic carbocycles.